The van der Waals surface area contributed by atoms with Crippen LogP contribution in [0.25, 0.3) is 43.8 Å². The van der Waals surface area contributed by atoms with Gasteiger partial charge in [0, 0.05) is 38.9 Å². The lowest BCUT2D eigenvalue weighted by molar-refractivity contribution is 0.418. The van der Waals surface area contributed by atoms with Gasteiger partial charge >= 0.3 is 0 Å². The molecule has 0 N–H and O–H groups in total. The zero-order chi connectivity index (χ0) is 23.4. The van der Waals surface area contributed by atoms with Crippen molar-refractivity contribution in [1.82, 2.24) is 0 Å². The van der Waals surface area contributed by atoms with E-state index in [1.807, 2.05) is 0 Å². The summed E-state index contributed by atoms with van der Waals surface area (Å²) in [5.41, 5.74) is -0.874. The highest BCUT2D eigenvalue weighted by molar-refractivity contribution is 6.21. The molecule has 0 radical (unpaired) electrons. The molecule has 5 rings (SSSR count). The predicted molar refractivity (Wildman–Crippen MR) is 112 cm³/mol. The molecule has 0 saturated heterocycles. The number of halogens is 7. The quantitative estimate of drug-likeness (QED) is 0.108. The van der Waals surface area contributed by atoms with Crippen molar-refractivity contribution < 1.29 is 30.7 Å². The number of hydrogen-bond donors (Lipinski definition) is 0. The summed E-state index contributed by atoms with van der Waals surface area (Å²) in [6.45, 7) is 0. The summed E-state index contributed by atoms with van der Waals surface area (Å²) in [5.74, 6) is -10.8. The van der Waals surface area contributed by atoms with Crippen LogP contribution >= 0.6 is 0 Å². The van der Waals surface area contributed by atoms with E-state index in [0.29, 0.717) is 6.07 Å². The summed E-state index contributed by atoms with van der Waals surface area (Å²) in [4.78, 5) is 0. The molecule has 0 nitrogen and oxygen atoms in total. The van der Waals surface area contributed by atoms with Crippen molar-refractivity contribution in [1.29, 1.82) is 0 Å². The molecule has 5 aromatic rings. The third-order valence-corrected chi connectivity index (χ3v) is 5.56. The first-order valence-electron chi connectivity index (χ1n) is 9.72. The second-order valence-corrected chi connectivity index (χ2v) is 7.41. The Morgan fingerprint density at radius 1 is 0.455 bits per heavy atom. The van der Waals surface area contributed by atoms with E-state index in [1.165, 1.54) is 24.3 Å². The van der Waals surface area contributed by atoms with Gasteiger partial charge in [0.2, 0.25) is 0 Å². The maximum absolute atomic E-state index is 15.3. The molecule has 5 aromatic carbocycles. The van der Waals surface area contributed by atoms with Crippen LogP contribution in [0, 0.1) is 40.7 Å². The topological polar surface area (TPSA) is 0 Å². The molecule has 0 aliphatic heterocycles. The molecule has 7 heteroatoms. The van der Waals surface area contributed by atoms with Crippen molar-refractivity contribution in [3.8, 4) is 22.3 Å². The highest BCUT2D eigenvalue weighted by Crippen LogP contribution is 2.47. The van der Waals surface area contributed by atoms with Gasteiger partial charge < -0.3 is 0 Å². The molecule has 164 valence electrons. The van der Waals surface area contributed by atoms with Crippen LogP contribution in [0.1, 0.15) is 0 Å². The molecule has 0 fully saturated rings. The lowest BCUT2D eigenvalue weighted by atomic mass is 9.85. The molecule has 0 unspecified atom stereocenters. The summed E-state index contributed by atoms with van der Waals surface area (Å²) in [6.07, 6.45) is 0. The maximum atomic E-state index is 15.3. The Labute approximate surface area is 182 Å². The van der Waals surface area contributed by atoms with Gasteiger partial charge in [-0.15, -0.1) is 0 Å². The first kappa shape index (κ1) is 21.0. The Kier molecular flexibility index (Phi) is 4.85. The molecule has 0 aromatic heterocycles. The minimum atomic E-state index is -2.13. The Balaban J connectivity index is 2.17. The number of hydrogen-bond acceptors (Lipinski definition) is 0. The van der Waals surface area contributed by atoms with Gasteiger partial charge in [0.1, 0.15) is 17.5 Å². The summed E-state index contributed by atoms with van der Waals surface area (Å²) >= 11 is 0. The van der Waals surface area contributed by atoms with Crippen LogP contribution in [0.4, 0.5) is 30.7 Å². The molecule has 0 aliphatic rings. The Bertz CT molecular complexity index is 1570. The number of benzene rings is 5. The number of fused-ring (bicyclic) bond motifs is 2. The summed E-state index contributed by atoms with van der Waals surface area (Å²) in [7, 11) is 0. The van der Waals surface area contributed by atoms with Crippen LogP contribution in [-0.4, -0.2) is 0 Å². The Morgan fingerprint density at radius 2 is 1.09 bits per heavy atom. The van der Waals surface area contributed by atoms with Crippen LogP contribution in [0.3, 0.4) is 0 Å². The van der Waals surface area contributed by atoms with Crippen molar-refractivity contribution >= 4 is 21.5 Å². The van der Waals surface area contributed by atoms with Gasteiger partial charge in [0.05, 0.1) is 0 Å². The van der Waals surface area contributed by atoms with Gasteiger partial charge in [0.25, 0.3) is 0 Å². The summed E-state index contributed by atoms with van der Waals surface area (Å²) in [6, 6.07) is 13.7. The Morgan fingerprint density at radius 3 is 1.73 bits per heavy atom. The molecule has 0 aliphatic carbocycles. The van der Waals surface area contributed by atoms with Gasteiger partial charge in [-0.2, -0.15) is 0 Å². The van der Waals surface area contributed by atoms with Crippen molar-refractivity contribution in [3.63, 3.8) is 0 Å². The molecule has 33 heavy (non-hydrogen) atoms. The second-order valence-electron chi connectivity index (χ2n) is 7.41. The average molecular weight is 456 g/mol. The van der Waals surface area contributed by atoms with E-state index in [0.717, 1.165) is 18.2 Å². The fraction of sp³-hybridized carbons (Fsp3) is 0. The zero-order valence-electron chi connectivity index (χ0n) is 16.5. The van der Waals surface area contributed by atoms with Crippen LogP contribution in [0.5, 0.6) is 0 Å². The molecular formula is C26H11F7. The summed E-state index contributed by atoms with van der Waals surface area (Å²) in [5, 5.41) is -1.88. The van der Waals surface area contributed by atoms with E-state index in [1.54, 1.807) is 18.2 Å². The monoisotopic (exact) mass is 456 g/mol. The first-order valence-corrected chi connectivity index (χ1v) is 9.72. The van der Waals surface area contributed by atoms with Gasteiger partial charge in [-0.3, -0.25) is 0 Å². The third kappa shape index (κ3) is 3.07. The predicted octanol–water partition coefficient (Wildman–Crippen LogP) is 8.30. The average Bonchev–Trinajstić information content (AvgIpc) is 2.81. The second kappa shape index (κ2) is 7.62. The number of rotatable bonds is 2. The normalized spacial score (nSPS) is 11.5. The van der Waals surface area contributed by atoms with Crippen LogP contribution < -0.4 is 0 Å². The van der Waals surface area contributed by atoms with E-state index in [4.69, 9.17) is 0 Å². The van der Waals surface area contributed by atoms with Crippen LogP contribution in [0.15, 0.2) is 66.7 Å². The van der Waals surface area contributed by atoms with Crippen LogP contribution in [0.2, 0.25) is 0 Å². The van der Waals surface area contributed by atoms with Gasteiger partial charge in [-0.05, 0) is 29.1 Å². The fourth-order valence-corrected chi connectivity index (χ4v) is 4.21. The minimum absolute atomic E-state index is 0.0109. The maximum Gasteiger partial charge on any atom is 0.198 e. The highest BCUT2D eigenvalue weighted by Gasteiger charge is 2.30. The van der Waals surface area contributed by atoms with Crippen molar-refractivity contribution in [2.24, 2.45) is 0 Å². The van der Waals surface area contributed by atoms with Gasteiger partial charge in [-0.25, -0.2) is 30.7 Å². The molecule has 0 amide bonds. The summed E-state index contributed by atoms with van der Waals surface area (Å²) < 4.78 is 103. The molecular weight excluding hydrogens is 445 g/mol. The largest absolute Gasteiger partial charge is 0.207 e. The van der Waals surface area contributed by atoms with Crippen molar-refractivity contribution in [2.45, 2.75) is 0 Å². The lowest BCUT2D eigenvalue weighted by Gasteiger charge is -2.20. The van der Waals surface area contributed by atoms with Gasteiger partial charge in [-0.1, -0.05) is 42.5 Å². The highest BCUT2D eigenvalue weighted by atomic mass is 19.2. The first-order chi connectivity index (χ1) is 15.8. The SMILES string of the molecule is Fc1ccc(-c2c3c(F)cccc3c(-c3ccccc3)c3c(F)c(F)c(F)c(F)c23)c(F)c1. The fourth-order valence-electron chi connectivity index (χ4n) is 4.21. The zero-order valence-corrected chi connectivity index (χ0v) is 16.5. The van der Waals surface area contributed by atoms with Gasteiger partial charge in [0.15, 0.2) is 23.3 Å². The minimum Gasteiger partial charge on any atom is -0.207 e. The van der Waals surface area contributed by atoms with E-state index in [2.05, 4.69) is 0 Å². The molecule has 0 bridgehead atoms. The van der Waals surface area contributed by atoms with E-state index < -0.39 is 62.6 Å². The molecule has 0 atom stereocenters. The lowest BCUT2D eigenvalue weighted by Crippen LogP contribution is -2.04. The van der Waals surface area contributed by atoms with E-state index in [-0.39, 0.29) is 21.9 Å². The van der Waals surface area contributed by atoms with Crippen molar-refractivity contribution in [3.05, 3.63) is 107 Å². The third-order valence-electron chi connectivity index (χ3n) is 5.56. The smallest absolute Gasteiger partial charge is 0.198 e. The molecule has 0 heterocycles. The van der Waals surface area contributed by atoms with Crippen molar-refractivity contribution in [2.75, 3.05) is 0 Å². The van der Waals surface area contributed by atoms with Crippen LogP contribution in [-0.2, 0) is 0 Å². The van der Waals surface area contributed by atoms with E-state index >= 15 is 13.2 Å². The Hall–Kier alpha value is -3.87. The van der Waals surface area contributed by atoms with E-state index in [9.17, 15) is 17.6 Å². The molecule has 0 spiro atoms. The molecule has 0 saturated carbocycles. The standard InChI is InChI=1S/C26H11F7/c27-13-9-10-14(17(29)11-13)20-19-15(7-4-8-16(19)28)18(12-5-2-1-3-6-12)21-22(20)24(31)26(33)25(32)23(21)30/h1-11H.